The van der Waals surface area contributed by atoms with Crippen LogP contribution in [0.25, 0.3) is 0 Å². The van der Waals surface area contributed by atoms with Gasteiger partial charge in [-0.3, -0.25) is 0 Å². The van der Waals surface area contributed by atoms with Crippen LogP contribution in [0, 0.1) is 5.41 Å². The van der Waals surface area contributed by atoms with Crippen LogP contribution in [0.15, 0.2) is 0 Å². The first-order valence-electron chi connectivity index (χ1n) is 7.53. The van der Waals surface area contributed by atoms with Crippen LogP contribution in [0.3, 0.4) is 0 Å². The average Bonchev–Trinajstić information content (AvgIpc) is 2.42. The third kappa shape index (κ3) is 4.70. The zero-order valence-electron chi connectivity index (χ0n) is 14.7. The maximum atomic E-state index is 13.8. The second-order valence-electron chi connectivity index (χ2n) is 6.72. The first-order chi connectivity index (χ1) is 12.0. The van der Waals surface area contributed by atoms with Gasteiger partial charge in [0.25, 0.3) is 0 Å². The summed E-state index contributed by atoms with van der Waals surface area (Å²) in [6.07, 6.45) is -26.2. The summed E-state index contributed by atoms with van der Waals surface area (Å²) in [7, 11) is -1.36. The van der Waals surface area contributed by atoms with Crippen molar-refractivity contribution in [1.82, 2.24) is 0 Å². The van der Waals surface area contributed by atoms with Crippen LogP contribution in [-0.2, 0) is 4.43 Å². The molecule has 0 radical (unpaired) electrons. The Balaban J connectivity index is 6.30. The van der Waals surface area contributed by atoms with Gasteiger partial charge >= 0.3 is 30.4 Å². The van der Waals surface area contributed by atoms with Gasteiger partial charge in [-0.05, 0) is 25.6 Å². The van der Waals surface area contributed by atoms with Crippen molar-refractivity contribution in [3.8, 4) is 0 Å². The minimum Gasteiger partial charge on any atom is -0.420 e. The van der Waals surface area contributed by atoms with Crippen LogP contribution in [0.2, 0.25) is 19.1 Å². The van der Waals surface area contributed by atoms with Crippen molar-refractivity contribution in [1.29, 1.82) is 0 Å². The molecule has 0 aliphatic heterocycles. The molecule has 0 spiro atoms. The number of hydrogen-bond acceptors (Lipinski definition) is 1. The van der Waals surface area contributed by atoms with E-state index in [4.69, 9.17) is 4.43 Å². The zero-order valence-corrected chi connectivity index (χ0v) is 15.7. The lowest BCUT2D eigenvalue weighted by molar-refractivity contribution is -0.461. The summed E-state index contributed by atoms with van der Waals surface area (Å²) >= 11 is 0. The van der Waals surface area contributed by atoms with Gasteiger partial charge in [-0.1, -0.05) is 12.8 Å². The molecule has 28 heavy (non-hydrogen) atoms. The molecular formula is C13H17F13OSi. The highest BCUT2D eigenvalue weighted by molar-refractivity contribution is 6.71. The van der Waals surface area contributed by atoms with Gasteiger partial charge in [0.15, 0.2) is 8.32 Å². The largest absolute Gasteiger partial charge is 0.459 e. The first-order valence-corrected chi connectivity index (χ1v) is 10.6. The van der Waals surface area contributed by atoms with Crippen molar-refractivity contribution in [3.05, 3.63) is 0 Å². The van der Waals surface area contributed by atoms with E-state index in [1.165, 1.54) is 20.2 Å². The molecule has 0 aliphatic rings. The minimum atomic E-state index is -7.58. The number of alkyl halides is 13. The highest BCUT2D eigenvalue weighted by atomic mass is 28.4. The molecule has 0 bridgehead atoms. The molecular weight excluding hydrogens is 447 g/mol. The van der Waals surface area contributed by atoms with Crippen LogP contribution in [0.1, 0.15) is 19.3 Å². The van der Waals surface area contributed by atoms with Crippen molar-refractivity contribution in [2.75, 3.05) is 7.11 Å². The molecule has 0 N–H and O–H groups in total. The van der Waals surface area contributed by atoms with Gasteiger partial charge in [0.05, 0.1) is 0 Å². The van der Waals surface area contributed by atoms with Crippen molar-refractivity contribution >= 4 is 8.32 Å². The molecule has 0 saturated heterocycles. The lowest BCUT2D eigenvalue weighted by Gasteiger charge is -2.45. The second kappa shape index (κ2) is 7.83. The van der Waals surface area contributed by atoms with Gasteiger partial charge < -0.3 is 4.43 Å². The van der Waals surface area contributed by atoms with E-state index < -0.39 is 63.4 Å². The van der Waals surface area contributed by atoms with Gasteiger partial charge in [0, 0.05) is 7.11 Å². The molecule has 15 heteroatoms. The third-order valence-corrected chi connectivity index (χ3v) is 7.05. The maximum Gasteiger partial charge on any atom is 0.459 e. The molecule has 0 fully saturated rings. The van der Waals surface area contributed by atoms with E-state index in [1.54, 1.807) is 0 Å². The number of rotatable bonds is 8. The smallest absolute Gasteiger partial charge is 0.420 e. The fraction of sp³-hybridized carbons (Fsp3) is 1.00. The van der Waals surface area contributed by atoms with E-state index in [1.807, 2.05) is 0 Å². The van der Waals surface area contributed by atoms with Crippen LogP contribution in [-0.4, -0.2) is 45.8 Å². The lowest BCUT2D eigenvalue weighted by atomic mass is 9.72. The molecule has 0 aromatic rings. The highest BCUT2D eigenvalue weighted by Gasteiger charge is 2.91. The predicted molar refractivity (Wildman–Crippen MR) is 73.6 cm³/mol. The monoisotopic (exact) mass is 464 g/mol. The minimum absolute atomic E-state index is 0.128. The summed E-state index contributed by atoms with van der Waals surface area (Å²) < 4.78 is 174. The highest BCUT2D eigenvalue weighted by Crippen LogP contribution is 2.67. The Kier molecular flexibility index (Phi) is 7.63. The average molecular weight is 464 g/mol. The summed E-state index contributed by atoms with van der Waals surface area (Å²) in [5.41, 5.74) is -6.59. The summed E-state index contributed by atoms with van der Waals surface area (Å²) in [6, 6.07) is -0.128. The molecule has 0 aliphatic carbocycles. The topological polar surface area (TPSA) is 9.23 Å². The summed E-state index contributed by atoms with van der Waals surface area (Å²) in [6.45, 7) is 2.97. The van der Waals surface area contributed by atoms with Crippen molar-refractivity contribution in [2.45, 2.75) is 68.8 Å². The maximum absolute atomic E-state index is 13.8. The molecule has 0 atom stereocenters. The van der Waals surface area contributed by atoms with E-state index >= 15 is 0 Å². The molecule has 0 saturated carbocycles. The van der Waals surface area contributed by atoms with Gasteiger partial charge in [-0.2, -0.15) is 57.1 Å². The molecule has 0 amide bonds. The number of unbranched alkanes of at least 4 members (excludes halogenated alkanes) is 1. The number of halogens is 13. The Hall–Kier alpha value is -0.733. The Morgan fingerprint density at radius 1 is 0.607 bits per heavy atom. The van der Waals surface area contributed by atoms with Crippen molar-refractivity contribution in [2.24, 2.45) is 5.41 Å². The zero-order chi connectivity index (χ0) is 23.0. The molecule has 0 aromatic carbocycles. The SMILES string of the molecule is CO[Si](C)(C)CCCCC(C(F)(F)F)(C(F)(F)F)C(F)(F)C(F)(F)C(F)(F)F. The van der Waals surface area contributed by atoms with Crippen LogP contribution in [0.5, 0.6) is 0 Å². The Morgan fingerprint density at radius 3 is 1.29 bits per heavy atom. The van der Waals surface area contributed by atoms with Gasteiger partial charge in [-0.25, -0.2) is 0 Å². The van der Waals surface area contributed by atoms with Gasteiger partial charge in [0.2, 0.25) is 5.41 Å². The fourth-order valence-electron chi connectivity index (χ4n) is 2.45. The Labute approximate surface area is 152 Å². The van der Waals surface area contributed by atoms with Crippen LogP contribution >= 0.6 is 0 Å². The first kappa shape index (κ1) is 27.3. The van der Waals surface area contributed by atoms with E-state index in [0.717, 1.165) is 0 Å². The summed E-state index contributed by atoms with van der Waals surface area (Å²) in [5, 5.41) is 0. The molecule has 170 valence electrons. The number of hydrogen-bond donors (Lipinski definition) is 0. The van der Waals surface area contributed by atoms with Gasteiger partial charge in [-0.15, -0.1) is 0 Å². The lowest BCUT2D eigenvalue weighted by Crippen LogP contribution is -2.70. The second-order valence-corrected chi connectivity index (χ2v) is 11.1. The fourth-order valence-corrected chi connectivity index (χ4v) is 3.75. The van der Waals surface area contributed by atoms with Gasteiger partial charge in [0.1, 0.15) is 0 Å². The molecule has 0 aromatic heterocycles. The summed E-state index contributed by atoms with van der Waals surface area (Å²) in [4.78, 5) is 0. The van der Waals surface area contributed by atoms with Crippen molar-refractivity contribution in [3.63, 3.8) is 0 Å². The van der Waals surface area contributed by atoms with E-state index in [2.05, 4.69) is 0 Å². The summed E-state index contributed by atoms with van der Waals surface area (Å²) in [5.74, 6) is -15.1. The quantitative estimate of drug-likeness (QED) is 0.215. The molecule has 1 nitrogen and oxygen atoms in total. The van der Waals surface area contributed by atoms with E-state index in [9.17, 15) is 57.1 Å². The third-order valence-electron chi connectivity index (χ3n) is 4.39. The van der Waals surface area contributed by atoms with E-state index in [-0.39, 0.29) is 6.04 Å². The Morgan fingerprint density at radius 2 is 1.00 bits per heavy atom. The molecule has 0 unspecified atom stereocenters. The molecule has 0 rings (SSSR count). The normalized spacial score (nSPS) is 15.9. The van der Waals surface area contributed by atoms with E-state index in [0.29, 0.717) is 0 Å². The van der Waals surface area contributed by atoms with Crippen molar-refractivity contribution < 1.29 is 61.5 Å². The predicted octanol–water partition coefficient (Wildman–Crippen LogP) is 6.95. The standard InChI is InChI=1S/C13H17F13OSi/c1-27-28(2,3)7-5-4-6-8(11(18,19)20,12(21,22)23)9(14,15)10(16,17)13(24,25)26/h4-7H2,1-3H3. The molecule has 0 heterocycles. The van der Waals surface area contributed by atoms with Crippen LogP contribution < -0.4 is 0 Å². The Bertz CT molecular complexity index is 504. The van der Waals surface area contributed by atoms with Crippen LogP contribution in [0.4, 0.5) is 57.1 Å².